The first kappa shape index (κ1) is 12.5. The highest BCUT2D eigenvalue weighted by molar-refractivity contribution is 9.09. The summed E-state index contributed by atoms with van der Waals surface area (Å²) in [6.45, 7) is 0. The molecule has 4 nitrogen and oxygen atoms in total. The number of azide groups is 1. The maximum Gasteiger partial charge on any atom is 0.218 e. The zero-order chi connectivity index (χ0) is 9.94. The van der Waals surface area contributed by atoms with Crippen molar-refractivity contribution in [1.82, 2.24) is 0 Å². The second-order valence-electron chi connectivity index (χ2n) is 2.79. The molecule has 0 aromatic heterocycles. The molecule has 0 heterocycles. The van der Waals surface area contributed by atoms with Gasteiger partial charge in [-0.25, -0.2) is 0 Å². The van der Waals surface area contributed by atoms with E-state index in [4.69, 9.17) is 5.53 Å². The van der Waals surface area contributed by atoms with Crippen molar-refractivity contribution in [3.63, 3.8) is 0 Å². The molecule has 0 atom stereocenters. The molecule has 0 aromatic carbocycles. The summed E-state index contributed by atoms with van der Waals surface area (Å²) < 4.78 is 0. The summed E-state index contributed by atoms with van der Waals surface area (Å²) >= 11 is 3.35. The molecule has 0 aliphatic heterocycles. The average Bonchev–Trinajstić information content (AvgIpc) is 2.11. The standard InChI is InChI=1S/C8H14BrN3O/c9-7-5-3-1-2-4-6-8(13)11-12-10/h1-7H2. The van der Waals surface area contributed by atoms with E-state index in [1.165, 1.54) is 12.8 Å². The van der Waals surface area contributed by atoms with E-state index < -0.39 is 0 Å². The fraction of sp³-hybridized carbons (Fsp3) is 0.875. The van der Waals surface area contributed by atoms with E-state index in [1.54, 1.807) is 0 Å². The number of nitrogens with zero attached hydrogens (tertiary/aromatic N) is 3. The zero-order valence-electron chi connectivity index (χ0n) is 7.58. The van der Waals surface area contributed by atoms with Gasteiger partial charge >= 0.3 is 0 Å². The quantitative estimate of drug-likeness (QED) is 0.223. The van der Waals surface area contributed by atoms with E-state index in [2.05, 4.69) is 26.0 Å². The fourth-order valence-corrected chi connectivity index (χ4v) is 1.40. The third-order valence-corrected chi connectivity index (χ3v) is 2.24. The van der Waals surface area contributed by atoms with Crippen LogP contribution in [-0.2, 0) is 4.79 Å². The van der Waals surface area contributed by atoms with Crippen LogP contribution in [0.5, 0.6) is 0 Å². The van der Waals surface area contributed by atoms with Gasteiger partial charge < -0.3 is 0 Å². The first-order valence-corrected chi connectivity index (χ1v) is 5.57. The Labute approximate surface area is 86.5 Å². The zero-order valence-corrected chi connectivity index (χ0v) is 9.16. The predicted octanol–water partition coefficient (Wildman–Crippen LogP) is 3.56. The fourth-order valence-electron chi connectivity index (χ4n) is 1.00. The monoisotopic (exact) mass is 247 g/mol. The second-order valence-corrected chi connectivity index (χ2v) is 3.58. The van der Waals surface area contributed by atoms with Gasteiger partial charge in [-0.2, -0.15) is 0 Å². The molecule has 5 heteroatoms. The van der Waals surface area contributed by atoms with Crippen molar-refractivity contribution < 1.29 is 4.79 Å². The minimum atomic E-state index is -0.344. The molecule has 0 spiro atoms. The SMILES string of the molecule is [N-]=[N+]=NC(=O)CCCCCCCBr. The number of halogens is 1. The number of hydrogen-bond donors (Lipinski definition) is 0. The topological polar surface area (TPSA) is 65.8 Å². The molecule has 1 amide bonds. The Hall–Kier alpha value is -0.540. The largest absolute Gasteiger partial charge is 0.293 e. The van der Waals surface area contributed by atoms with Gasteiger partial charge in [0.05, 0.1) is 0 Å². The molecule has 0 radical (unpaired) electrons. The van der Waals surface area contributed by atoms with Gasteiger partial charge in [0.2, 0.25) is 5.91 Å². The van der Waals surface area contributed by atoms with Gasteiger partial charge in [0.1, 0.15) is 0 Å². The summed E-state index contributed by atoms with van der Waals surface area (Å²) in [5, 5.41) is 4.04. The van der Waals surface area contributed by atoms with Crippen LogP contribution in [0.1, 0.15) is 38.5 Å². The van der Waals surface area contributed by atoms with Crippen LogP contribution in [0.4, 0.5) is 0 Å². The van der Waals surface area contributed by atoms with Crippen LogP contribution in [0.25, 0.3) is 10.4 Å². The van der Waals surface area contributed by atoms with Crippen LogP contribution in [0.15, 0.2) is 5.11 Å². The van der Waals surface area contributed by atoms with Gasteiger partial charge in [0.15, 0.2) is 0 Å². The van der Waals surface area contributed by atoms with Crippen LogP contribution >= 0.6 is 15.9 Å². The minimum Gasteiger partial charge on any atom is -0.293 e. The first-order chi connectivity index (χ1) is 6.31. The van der Waals surface area contributed by atoms with Crippen molar-refractivity contribution in [3.05, 3.63) is 10.4 Å². The Balaban J connectivity index is 3.16. The van der Waals surface area contributed by atoms with E-state index >= 15 is 0 Å². The smallest absolute Gasteiger partial charge is 0.218 e. The average molecular weight is 248 g/mol. The van der Waals surface area contributed by atoms with E-state index in [1.807, 2.05) is 0 Å². The van der Waals surface area contributed by atoms with Gasteiger partial charge in [-0.3, -0.25) is 4.79 Å². The van der Waals surface area contributed by atoms with Crippen LogP contribution in [0, 0.1) is 0 Å². The number of carbonyl (C=O) groups excluding carboxylic acids is 1. The third kappa shape index (κ3) is 9.37. The van der Waals surface area contributed by atoms with E-state index in [-0.39, 0.29) is 5.91 Å². The molecule has 0 rings (SSSR count). The number of rotatable bonds is 7. The summed E-state index contributed by atoms with van der Waals surface area (Å²) in [5.74, 6) is -0.344. The van der Waals surface area contributed by atoms with Crippen molar-refractivity contribution in [2.24, 2.45) is 5.11 Å². The summed E-state index contributed by atoms with van der Waals surface area (Å²) in [6, 6.07) is 0. The lowest BCUT2D eigenvalue weighted by Crippen LogP contribution is -1.90. The van der Waals surface area contributed by atoms with Crippen LogP contribution < -0.4 is 0 Å². The molecule has 0 bridgehead atoms. The maximum absolute atomic E-state index is 10.7. The van der Waals surface area contributed by atoms with Crippen LogP contribution in [0.3, 0.4) is 0 Å². The molecule has 0 aliphatic rings. The van der Waals surface area contributed by atoms with E-state index in [0.29, 0.717) is 6.42 Å². The molecule has 13 heavy (non-hydrogen) atoms. The number of unbranched alkanes of at least 4 members (excludes halogenated alkanes) is 4. The lowest BCUT2D eigenvalue weighted by molar-refractivity contribution is -0.118. The second kappa shape index (κ2) is 9.55. The Morgan fingerprint density at radius 2 is 1.85 bits per heavy atom. The highest BCUT2D eigenvalue weighted by Gasteiger charge is 1.96. The lowest BCUT2D eigenvalue weighted by atomic mass is 10.1. The first-order valence-electron chi connectivity index (χ1n) is 4.45. The van der Waals surface area contributed by atoms with Gasteiger partial charge in [0.25, 0.3) is 0 Å². The number of hydrogen-bond acceptors (Lipinski definition) is 1. The minimum absolute atomic E-state index is 0.344. The van der Waals surface area contributed by atoms with Crippen molar-refractivity contribution in [3.8, 4) is 0 Å². The van der Waals surface area contributed by atoms with Crippen molar-refractivity contribution in [2.45, 2.75) is 38.5 Å². The molecule has 74 valence electrons. The predicted molar refractivity (Wildman–Crippen MR) is 55.6 cm³/mol. The van der Waals surface area contributed by atoms with E-state index in [9.17, 15) is 4.79 Å². The maximum atomic E-state index is 10.7. The van der Waals surface area contributed by atoms with Crippen LogP contribution in [-0.4, -0.2) is 11.2 Å². The lowest BCUT2D eigenvalue weighted by Gasteiger charge is -1.97. The van der Waals surface area contributed by atoms with Crippen molar-refractivity contribution >= 4 is 21.8 Å². The molecule has 0 aliphatic carbocycles. The molecule has 0 aromatic rings. The number of amides is 1. The molecule has 0 saturated heterocycles. The molecule has 0 fully saturated rings. The van der Waals surface area contributed by atoms with E-state index in [0.717, 1.165) is 24.6 Å². The highest BCUT2D eigenvalue weighted by Crippen LogP contribution is 2.06. The Kier molecular flexibility index (Phi) is 9.15. The normalized spacial score (nSPS) is 9.31. The van der Waals surface area contributed by atoms with Gasteiger partial charge in [-0.05, 0) is 23.5 Å². The van der Waals surface area contributed by atoms with Gasteiger partial charge in [-0.1, -0.05) is 35.2 Å². The van der Waals surface area contributed by atoms with Crippen molar-refractivity contribution in [1.29, 1.82) is 0 Å². The molecule has 0 N–H and O–H groups in total. The Morgan fingerprint density at radius 1 is 1.23 bits per heavy atom. The molecular weight excluding hydrogens is 234 g/mol. The molecule has 0 unspecified atom stereocenters. The summed E-state index contributed by atoms with van der Waals surface area (Å²) in [4.78, 5) is 13.1. The van der Waals surface area contributed by atoms with Gasteiger partial charge in [0, 0.05) is 16.7 Å². The van der Waals surface area contributed by atoms with Crippen LogP contribution in [0.2, 0.25) is 0 Å². The third-order valence-electron chi connectivity index (χ3n) is 1.68. The van der Waals surface area contributed by atoms with Gasteiger partial charge in [-0.15, -0.1) is 0 Å². The number of carbonyl (C=O) groups is 1. The summed E-state index contributed by atoms with van der Waals surface area (Å²) in [7, 11) is 0. The summed E-state index contributed by atoms with van der Waals surface area (Å²) in [5.41, 5.74) is 7.94. The molecule has 0 saturated carbocycles. The summed E-state index contributed by atoms with van der Waals surface area (Å²) in [6.07, 6.45) is 5.79. The highest BCUT2D eigenvalue weighted by atomic mass is 79.9. The van der Waals surface area contributed by atoms with Crippen molar-refractivity contribution in [2.75, 3.05) is 5.33 Å². The number of alkyl halides is 1. The molecular formula is C8H14BrN3O. The Morgan fingerprint density at radius 3 is 2.46 bits per heavy atom. The Bertz CT molecular complexity index is 190.